The van der Waals surface area contributed by atoms with Gasteiger partial charge in [-0.25, -0.2) is 0 Å². The molecule has 4 aromatic carbocycles. The van der Waals surface area contributed by atoms with E-state index in [1.54, 1.807) is 66.6 Å². The Kier molecular flexibility index (Phi) is 6.46. The molecule has 0 spiro atoms. The number of benzene rings is 4. The Hall–Kier alpha value is -6.04. The van der Waals surface area contributed by atoms with Crippen LogP contribution in [0.4, 0.5) is 0 Å². The molecule has 3 heterocycles. The SMILES string of the molecule is COc1cc(O)c2c(=O)c3ccc4c(c3n(C)c2c1OC)OCC(C)(/C=C\c1c(O)cc(O)c2c(=O)c3cccc(O)c3n(C)c12)O4. The number of methoxy groups -OCH3 is 2. The number of hydrogen-bond donors (Lipinski definition) is 4. The van der Waals surface area contributed by atoms with Crippen LogP contribution in [0.25, 0.3) is 49.7 Å². The van der Waals surface area contributed by atoms with Crippen LogP contribution in [0, 0.1) is 0 Å². The predicted octanol–water partition coefficient (Wildman–Crippen LogP) is 4.78. The zero-order chi connectivity index (χ0) is 33.5. The normalized spacial score (nSPS) is 16.1. The number of hydrogen-bond acceptors (Lipinski definition) is 10. The van der Waals surface area contributed by atoms with Crippen LogP contribution in [0.1, 0.15) is 12.5 Å². The van der Waals surface area contributed by atoms with Crippen molar-refractivity contribution in [2.75, 3.05) is 20.8 Å². The maximum atomic E-state index is 13.7. The van der Waals surface area contributed by atoms with Crippen LogP contribution in [-0.2, 0) is 14.1 Å². The van der Waals surface area contributed by atoms with Gasteiger partial charge in [-0.05, 0) is 43.3 Å². The largest absolute Gasteiger partial charge is 0.507 e. The van der Waals surface area contributed by atoms with Gasteiger partial charge in [-0.2, -0.15) is 0 Å². The van der Waals surface area contributed by atoms with Crippen LogP contribution in [0.15, 0.2) is 58.1 Å². The molecular formula is C35H30N2O10. The first-order valence-electron chi connectivity index (χ1n) is 14.5. The van der Waals surface area contributed by atoms with Crippen LogP contribution in [0.2, 0.25) is 0 Å². The molecule has 47 heavy (non-hydrogen) atoms. The lowest BCUT2D eigenvalue weighted by atomic mass is 9.99. The minimum absolute atomic E-state index is 0.0121. The smallest absolute Gasteiger partial charge is 0.201 e. The number of ether oxygens (including phenoxy) is 4. The Morgan fingerprint density at radius 1 is 0.787 bits per heavy atom. The van der Waals surface area contributed by atoms with Crippen molar-refractivity contribution in [3.63, 3.8) is 0 Å². The summed E-state index contributed by atoms with van der Waals surface area (Å²) in [7, 11) is 6.22. The summed E-state index contributed by atoms with van der Waals surface area (Å²) in [5.41, 5.74) is -0.623. The minimum Gasteiger partial charge on any atom is -0.507 e. The van der Waals surface area contributed by atoms with Crippen LogP contribution < -0.4 is 29.8 Å². The highest BCUT2D eigenvalue weighted by atomic mass is 16.6. The van der Waals surface area contributed by atoms with Gasteiger partial charge in [0.25, 0.3) is 0 Å². The number of phenolic OH excluding ortho intramolecular Hbond substituents is 4. The Morgan fingerprint density at radius 3 is 2.15 bits per heavy atom. The van der Waals surface area contributed by atoms with Crippen molar-refractivity contribution in [3.8, 4) is 46.0 Å². The van der Waals surface area contributed by atoms with Crippen LogP contribution in [0.3, 0.4) is 0 Å². The van der Waals surface area contributed by atoms with Gasteiger partial charge in [0, 0.05) is 31.8 Å². The number of rotatable bonds is 4. The van der Waals surface area contributed by atoms with Gasteiger partial charge in [0.2, 0.25) is 10.9 Å². The first-order chi connectivity index (χ1) is 22.4. The van der Waals surface area contributed by atoms with Crippen molar-refractivity contribution < 1.29 is 39.4 Å². The second kappa shape index (κ2) is 10.2. The zero-order valence-electron chi connectivity index (χ0n) is 26.0. The van der Waals surface area contributed by atoms with Gasteiger partial charge in [0.05, 0.1) is 52.3 Å². The van der Waals surface area contributed by atoms with E-state index >= 15 is 0 Å². The van der Waals surface area contributed by atoms with Crippen molar-refractivity contribution in [2.45, 2.75) is 12.5 Å². The Morgan fingerprint density at radius 2 is 1.45 bits per heavy atom. The summed E-state index contributed by atoms with van der Waals surface area (Å²) in [4.78, 5) is 27.1. The number of para-hydroxylation sites is 1. The number of fused-ring (bicyclic) bond motifs is 6. The summed E-state index contributed by atoms with van der Waals surface area (Å²) in [6.45, 7) is 1.75. The van der Waals surface area contributed by atoms with E-state index in [-0.39, 0.29) is 68.1 Å². The molecule has 0 fully saturated rings. The Balaban J connectivity index is 1.38. The number of phenols is 4. The number of aryl methyl sites for hydroxylation is 2. The van der Waals surface area contributed by atoms with Crippen molar-refractivity contribution >= 4 is 49.7 Å². The number of pyridine rings is 2. The van der Waals surface area contributed by atoms with Gasteiger partial charge < -0.3 is 48.5 Å². The standard InChI is InChI=1S/C35H30N2O10/c1-35(12-11-16-20(39)13-21(40)25-28(16)36(2)27-17(31(25)42)7-6-8-19(27)38)15-46-34-23(47-35)10-9-18-29(34)37(3)30-26(32(18)43)22(41)14-24(44-4)33(30)45-5/h6-14,38-41H,15H2,1-5H3/b12-11-. The van der Waals surface area contributed by atoms with Crippen molar-refractivity contribution in [2.24, 2.45) is 14.1 Å². The highest BCUT2D eigenvalue weighted by Crippen LogP contribution is 2.46. The highest BCUT2D eigenvalue weighted by Gasteiger charge is 2.34. The molecule has 4 N–H and O–H groups in total. The van der Waals surface area contributed by atoms with Gasteiger partial charge in [-0.3, -0.25) is 9.59 Å². The fourth-order valence-corrected chi connectivity index (χ4v) is 6.59. The van der Waals surface area contributed by atoms with Crippen LogP contribution >= 0.6 is 0 Å². The molecular weight excluding hydrogens is 608 g/mol. The van der Waals surface area contributed by atoms with E-state index in [9.17, 15) is 30.0 Å². The molecule has 1 unspecified atom stereocenters. The lowest BCUT2D eigenvalue weighted by Gasteiger charge is -2.34. The first-order valence-corrected chi connectivity index (χ1v) is 14.5. The van der Waals surface area contributed by atoms with Crippen molar-refractivity contribution in [3.05, 3.63) is 74.6 Å². The summed E-state index contributed by atoms with van der Waals surface area (Å²) in [6, 6.07) is 10.2. The molecule has 6 aromatic rings. The van der Waals surface area contributed by atoms with Crippen LogP contribution in [0.5, 0.6) is 46.0 Å². The Bertz CT molecular complexity index is 2500. The molecule has 0 amide bonds. The van der Waals surface area contributed by atoms with Gasteiger partial charge in [-0.1, -0.05) is 6.07 Å². The minimum atomic E-state index is -1.09. The average Bonchev–Trinajstić information content (AvgIpc) is 3.04. The summed E-state index contributed by atoms with van der Waals surface area (Å²) in [5.74, 6) is 0.0785. The molecule has 2 aromatic heterocycles. The molecule has 7 rings (SSSR count). The van der Waals surface area contributed by atoms with E-state index in [2.05, 4.69) is 0 Å². The lowest BCUT2D eigenvalue weighted by Crippen LogP contribution is -2.40. The lowest BCUT2D eigenvalue weighted by molar-refractivity contribution is 0.0461. The quantitative estimate of drug-likeness (QED) is 0.198. The molecule has 12 nitrogen and oxygen atoms in total. The van der Waals surface area contributed by atoms with Gasteiger partial charge in [0.15, 0.2) is 28.6 Å². The predicted molar refractivity (Wildman–Crippen MR) is 177 cm³/mol. The fraction of sp³-hybridized carbons (Fsp3) is 0.200. The van der Waals surface area contributed by atoms with E-state index < -0.39 is 22.2 Å². The molecule has 0 saturated heterocycles. The number of aromatic nitrogens is 2. The van der Waals surface area contributed by atoms with Gasteiger partial charge in [-0.15, -0.1) is 0 Å². The summed E-state index contributed by atoms with van der Waals surface area (Å²) < 4.78 is 26.9. The second-order valence-electron chi connectivity index (χ2n) is 11.7. The van der Waals surface area contributed by atoms with E-state index in [4.69, 9.17) is 18.9 Å². The maximum Gasteiger partial charge on any atom is 0.201 e. The van der Waals surface area contributed by atoms with E-state index in [1.165, 1.54) is 26.4 Å². The topological polar surface area (TPSA) is 162 Å². The van der Waals surface area contributed by atoms with Gasteiger partial charge >= 0.3 is 0 Å². The number of aromatic hydroxyl groups is 4. The third-order valence-corrected chi connectivity index (χ3v) is 8.76. The van der Waals surface area contributed by atoms with Gasteiger partial charge in [0.1, 0.15) is 35.1 Å². The summed E-state index contributed by atoms with van der Waals surface area (Å²) >= 11 is 0. The maximum absolute atomic E-state index is 13.7. The van der Waals surface area contributed by atoms with E-state index in [0.29, 0.717) is 27.9 Å². The molecule has 0 bridgehead atoms. The van der Waals surface area contributed by atoms with E-state index in [1.807, 2.05) is 0 Å². The molecule has 1 aliphatic rings. The van der Waals surface area contributed by atoms with Crippen LogP contribution in [-0.4, -0.2) is 56.0 Å². The third kappa shape index (κ3) is 4.14. The molecule has 0 saturated carbocycles. The van der Waals surface area contributed by atoms with Crippen molar-refractivity contribution in [1.29, 1.82) is 0 Å². The van der Waals surface area contributed by atoms with Crippen molar-refractivity contribution in [1.82, 2.24) is 9.13 Å². The first kappa shape index (κ1) is 29.7. The molecule has 1 aliphatic heterocycles. The fourth-order valence-electron chi connectivity index (χ4n) is 6.59. The molecule has 12 heteroatoms. The highest BCUT2D eigenvalue weighted by molar-refractivity contribution is 6.04. The summed E-state index contributed by atoms with van der Waals surface area (Å²) in [6.07, 6.45) is 3.23. The molecule has 0 aliphatic carbocycles. The molecule has 240 valence electrons. The summed E-state index contributed by atoms with van der Waals surface area (Å²) in [5, 5.41) is 43.5. The number of nitrogens with zero attached hydrogens (tertiary/aromatic N) is 2. The Labute approximate surface area is 266 Å². The zero-order valence-corrected chi connectivity index (χ0v) is 26.0. The second-order valence-corrected chi connectivity index (χ2v) is 11.7. The third-order valence-electron chi connectivity index (χ3n) is 8.76. The average molecular weight is 639 g/mol. The molecule has 1 atom stereocenters. The molecule has 0 radical (unpaired) electrons. The van der Waals surface area contributed by atoms with E-state index in [0.717, 1.165) is 6.07 Å². The monoisotopic (exact) mass is 638 g/mol.